The number of rotatable bonds is 7. The van der Waals surface area contributed by atoms with Crippen molar-refractivity contribution >= 4 is 0 Å². The molecule has 1 atom stereocenters. The van der Waals surface area contributed by atoms with Crippen LogP contribution in [0.1, 0.15) is 26.7 Å². The average molecular weight is 213 g/mol. The maximum absolute atomic E-state index is 11.7. The molecule has 14 heavy (non-hydrogen) atoms. The van der Waals surface area contributed by atoms with E-state index in [4.69, 9.17) is 4.74 Å². The van der Waals surface area contributed by atoms with E-state index < -0.39 is 12.6 Å². The van der Waals surface area contributed by atoms with Crippen molar-refractivity contribution < 1.29 is 17.9 Å². The van der Waals surface area contributed by atoms with Crippen LogP contribution in [0.15, 0.2) is 0 Å². The van der Waals surface area contributed by atoms with Crippen LogP contribution in [0.2, 0.25) is 0 Å². The van der Waals surface area contributed by atoms with E-state index in [0.717, 1.165) is 13.0 Å². The largest absolute Gasteiger partial charge is 0.391 e. The Kier molecular flexibility index (Phi) is 6.92. The molecule has 0 rings (SSSR count). The first-order valence-electron chi connectivity index (χ1n) is 4.83. The minimum atomic E-state index is -4.10. The van der Waals surface area contributed by atoms with Crippen molar-refractivity contribution in [3.8, 4) is 0 Å². The lowest BCUT2D eigenvalue weighted by atomic mass is 10.2. The van der Waals surface area contributed by atoms with Gasteiger partial charge in [-0.1, -0.05) is 6.92 Å². The first-order chi connectivity index (χ1) is 6.45. The maximum atomic E-state index is 11.7. The number of alkyl halides is 3. The number of halogens is 3. The number of ether oxygens (including phenoxy) is 1. The Balaban J connectivity index is 3.21. The molecule has 5 heteroatoms. The molecule has 2 nitrogen and oxygen atoms in total. The van der Waals surface area contributed by atoms with Crippen LogP contribution >= 0.6 is 0 Å². The molecule has 0 aliphatic rings. The Morgan fingerprint density at radius 2 is 1.93 bits per heavy atom. The molecule has 1 N–H and O–H groups in total. The zero-order chi connectivity index (χ0) is 11.0. The first kappa shape index (κ1) is 13.7. The zero-order valence-corrected chi connectivity index (χ0v) is 8.66. The molecule has 1 unspecified atom stereocenters. The average Bonchev–Trinajstić information content (AvgIpc) is 2.02. The van der Waals surface area contributed by atoms with Crippen molar-refractivity contribution in [2.24, 2.45) is 0 Å². The summed E-state index contributed by atoms with van der Waals surface area (Å²) in [5.74, 6) is 0. The third-order valence-electron chi connectivity index (χ3n) is 1.78. The summed E-state index contributed by atoms with van der Waals surface area (Å²) in [6, 6.07) is 0.297. The van der Waals surface area contributed by atoms with Crippen molar-refractivity contribution in [2.45, 2.75) is 38.9 Å². The van der Waals surface area contributed by atoms with E-state index >= 15 is 0 Å². The predicted molar refractivity (Wildman–Crippen MR) is 49.2 cm³/mol. The van der Waals surface area contributed by atoms with Crippen LogP contribution in [0.4, 0.5) is 13.2 Å². The Morgan fingerprint density at radius 1 is 1.29 bits per heavy atom. The Hall–Kier alpha value is -0.290. The molecule has 0 fully saturated rings. The fraction of sp³-hybridized carbons (Fsp3) is 1.00. The van der Waals surface area contributed by atoms with E-state index in [2.05, 4.69) is 5.32 Å². The zero-order valence-electron chi connectivity index (χ0n) is 8.66. The van der Waals surface area contributed by atoms with Gasteiger partial charge in [-0.2, -0.15) is 13.2 Å². The van der Waals surface area contributed by atoms with Crippen molar-refractivity contribution in [3.63, 3.8) is 0 Å². The molecule has 0 saturated heterocycles. The third-order valence-corrected chi connectivity index (χ3v) is 1.78. The van der Waals surface area contributed by atoms with Gasteiger partial charge in [0, 0.05) is 12.6 Å². The van der Waals surface area contributed by atoms with E-state index in [0.29, 0.717) is 12.6 Å². The molecular weight excluding hydrogens is 195 g/mol. The molecular formula is C9H18F3NO. The lowest BCUT2D eigenvalue weighted by Gasteiger charge is -2.12. The highest BCUT2D eigenvalue weighted by atomic mass is 19.4. The van der Waals surface area contributed by atoms with Gasteiger partial charge >= 0.3 is 6.18 Å². The normalized spacial score (nSPS) is 14.4. The predicted octanol–water partition coefficient (Wildman–Crippen LogP) is 2.34. The molecule has 0 saturated carbocycles. The Morgan fingerprint density at radius 3 is 2.43 bits per heavy atom. The van der Waals surface area contributed by atoms with Gasteiger partial charge in [0.2, 0.25) is 0 Å². The van der Waals surface area contributed by atoms with Crippen LogP contribution in [0, 0.1) is 0 Å². The summed E-state index contributed by atoms with van der Waals surface area (Å²) in [5.41, 5.74) is 0. The van der Waals surface area contributed by atoms with E-state index in [1.807, 2.05) is 13.8 Å². The Labute approximate surface area is 82.8 Å². The van der Waals surface area contributed by atoms with Crippen LogP contribution in [0.3, 0.4) is 0 Å². The summed E-state index contributed by atoms with van der Waals surface area (Å²) < 4.78 is 39.9. The monoisotopic (exact) mass is 213 g/mol. The first-order valence-corrected chi connectivity index (χ1v) is 4.83. The lowest BCUT2D eigenvalue weighted by molar-refractivity contribution is -0.145. The minimum Gasteiger partial charge on any atom is -0.381 e. The van der Waals surface area contributed by atoms with Crippen LogP contribution < -0.4 is 5.32 Å². The molecule has 86 valence electrons. The van der Waals surface area contributed by atoms with Gasteiger partial charge in [-0.05, 0) is 19.9 Å². The highest BCUT2D eigenvalue weighted by Gasteiger charge is 2.26. The lowest BCUT2D eigenvalue weighted by Crippen LogP contribution is -2.27. The van der Waals surface area contributed by atoms with Crippen LogP contribution in [-0.2, 0) is 4.74 Å². The van der Waals surface area contributed by atoms with Crippen molar-refractivity contribution in [2.75, 3.05) is 19.8 Å². The number of nitrogens with one attached hydrogen (secondary N) is 1. The number of hydrogen-bond donors (Lipinski definition) is 1. The molecule has 0 aromatic carbocycles. The highest BCUT2D eigenvalue weighted by Crippen LogP contribution is 2.18. The van der Waals surface area contributed by atoms with E-state index in [1.54, 1.807) is 0 Å². The summed E-state index contributed by atoms with van der Waals surface area (Å²) in [7, 11) is 0. The summed E-state index contributed by atoms with van der Waals surface area (Å²) in [6.45, 7) is 4.98. The summed E-state index contributed by atoms with van der Waals surface area (Å²) in [4.78, 5) is 0. The molecule has 0 bridgehead atoms. The van der Waals surface area contributed by atoms with Gasteiger partial charge in [-0.3, -0.25) is 0 Å². The van der Waals surface area contributed by atoms with Crippen molar-refractivity contribution in [1.29, 1.82) is 0 Å². The van der Waals surface area contributed by atoms with Gasteiger partial charge in [0.15, 0.2) is 0 Å². The van der Waals surface area contributed by atoms with Gasteiger partial charge < -0.3 is 10.1 Å². The second-order valence-corrected chi connectivity index (χ2v) is 3.22. The smallest absolute Gasteiger partial charge is 0.381 e. The van der Waals surface area contributed by atoms with Crippen LogP contribution in [0.5, 0.6) is 0 Å². The minimum absolute atomic E-state index is 0.234. The topological polar surface area (TPSA) is 21.3 Å². The highest BCUT2D eigenvalue weighted by molar-refractivity contribution is 4.58. The van der Waals surface area contributed by atoms with Gasteiger partial charge in [0.1, 0.15) is 0 Å². The maximum Gasteiger partial charge on any atom is 0.391 e. The van der Waals surface area contributed by atoms with Crippen LogP contribution in [0.25, 0.3) is 0 Å². The number of hydrogen-bond acceptors (Lipinski definition) is 2. The summed E-state index contributed by atoms with van der Waals surface area (Å²) >= 11 is 0. The molecule has 0 aliphatic carbocycles. The van der Waals surface area contributed by atoms with E-state index in [-0.39, 0.29) is 6.61 Å². The van der Waals surface area contributed by atoms with Crippen molar-refractivity contribution in [3.05, 3.63) is 0 Å². The quantitative estimate of drug-likeness (QED) is 0.655. The molecule has 0 aliphatic heterocycles. The molecule has 0 amide bonds. The molecule has 0 aromatic rings. The van der Waals surface area contributed by atoms with Gasteiger partial charge in [0.25, 0.3) is 0 Å². The van der Waals surface area contributed by atoms with E-state index in [9.17, 15) is 13.2 Å². The second-order valence-electron chi connectivity index (χ2n) is 3.22. The third kappa shape index (κ3) is 9.80. The SMILES string of the molecule is CCNC(C)CCOCCC(F)(F)F. The van der Waals surface area contributed by atoms with Crippen molar-refractivity contribution in [1.82, 2.24) is 5.32 Å². The van der Waals surface area contributed by atoms with Gasteiger partial charge in [-0.15, -0.1) is 0 Å². The standard InChI is InChI=1S/C9H18F3NO/c1-3-13-8(2)4-6-14-7-5-9(10,11)12/h8,13H,3-7H2,1-2H3. The molecule has 0 heterocycles. The molecule has 0 radical (unpaired) electrons. The Bertz CT molecular complexity index is 139. The molecule has 0 spiro atoms. The summed E-state index contributed by atoms with van der Waals surface area (Å²) in [6.07, 6.45) is -4.22. The van der Waals surface area contributed by atoms with Crippen LogP contribution in [-0.4, -0.2) is 32.0 Å². The van der Waals surface area contributed by atoms with Gasteiger partial charge in [-0.25, -0.2) is 0 Å². The fourth-order valence-electron chi connectivity index (χ4n) is 1.00. The molecule has 0 aromatic heterocycles. The fourth-order valence-corrected chi connectivity index (χ4v) is 1.00. The van der Waals surface area contributed by atoms with E-state index in [1.165, 1.54) is 0 Å². The summed E-state index contributed by atoms with van der Waals surface area (Å²) in [5, 5.41) is 3.15. The second kappa shape index (κ2) is 7.06. The van der Waals surface area contributed by atoms with Gasteiger partial charge in [0.05, 0.1) is 13.0 Å².